The molecule has 1 saturated heterocycles. The monoisotopic (exact) mass is 255 g/mol. The molecule has 16 heavy (non-hydrogen) atoms. The highest BCUT2D eigenvalue weighted by atomic mass is 32.2. The van der Waals surface area contributed by atoms with Crippen molar-refractivity contribution in [1.82, 2.24) is 4.90 Å². The lowest BCUT2D eigenvalue weighted by molar-refractivity contribution is -0.129. The van der Waals surface area contributed by atoms with E-state index in [2.05, 4.69) is 0 Å². The zero-order valence-corrected chi connectivity index (χ0v) is 9.84. The fraction of sp³-hybridized carbons (Fsp3) is 0.889. The van der Waals surface area contributed by atoms with E-state index in [4.69, 9.17) is 0 Å². The largest absolute Gasteiger partial charge is 0.342 e. The summed E-state index contributed by atoms with van der Waals surface area (Å²) in [6.07, 6.45) is 1.58. The van der Waals surface area contributed by atoms with Crippen molar-refractivity contribution in [2.45, 2.75) is 25.5 Å². The van der Waals surface area contributed by atoms with Gasteiger partial charge in [0, 0.05) is 13.1 Å². The summed E-state index contributed by atoms with van der Waals surface area (Å²) in [5.74, 6) is -4.78. The van der Waals surface area contributed by atoms with Crippen molar-refractivity contribution in [2.24, 2.45) is 5.92 Å². The smallest absolute Gasteiger partial charge is 0.337 e. The van der Waals surface area contributed by atoms with Crippen molar-refractivity contribution in [1.29, 1.82) is 0 Å². The predicted molar refractivity (Wildman–Crippen MR) is 54.8 cm³/mol. The molecule has 1 amide bonds. The highest BCUT2D eigenvalue weighted by Crippen LogP contribution is 2.17. The summed E-state index contributed by atoms with van der Waals surface area (Å²) < 4.78 is 45.8. The highest BCUT2D eigenvalue weighted by molar-refractivity contribution is 7.92. The molecular formula is C9H15F2NO3S. The standard InChI is InChI=1S/C9H15F2NO3S/c1-7-2-4-12(5-3-7)8(13)6-16(14,15)9(10)11/h7,9H,2-6H2,1H3. The Kier molecular flexibility index (Phi) is 4.23. The first-order valence-electron chi connectivity index (χ1n) is 5.10. The molecule has 0 spiro atoms. The van der Waals surface area contributed by atoms with Gasteiger partial charge >= 0.3 is 5.76 Å². The van der Waals surface area contributed by atoms with Crippen LogP contribution >= 0.6 is 0 Å². The third-order valence-electron chi connectivity index (χ3n) is 2.73. The second kappa shape index (κ2) is 5.07. The minimum Gasteiger partial charge on any atom is -0.342 e. The topological polar surface area (TPSA) is 54.5 Å². The molecule has 1 aliphatic heterocycles. The van der Waals surface area contributed by atoms with Crippen molar-refractivity contribution in [3.63, 3.8) is 0 Å². The molecule has 0 atom stereocenters. The number of halogens is 2. The quantitative estimate of drug-likeness (QED) is 0.752. The normalized spacial score (nSPS) is 19.1. The second-order valence-corrected chi connectivity index (χ2v) is 6.10. The third-order valence-corrected chi connectivity index (χ3v) is 3.92. The van der Waals surface area contributed by atoms with E-state index in [0.29, 0.717) is 19.0 Å². The number of piperidine rings is 1. The number of carbonyl (C=O) groups is 1. The Bertz CT molecular complexity index is 348. The van der Waals surface area contributed by atoms with Gasteiger partial charge in [-0.3, -0.25) is 4.79 Å². The molecule has 94 valence electrons. The van der Waals surface area contributed by atoms with Crippen molar-refractivity contribution < 1.29 is 22.0 Å². The number of rotatable bonds is 3. The Morgan fingerprint density at radius 2 is 1.88 bits per heavy atom. The minimum atomic E-state index is -4.58. The van der Waals surface area contributed by atoms with Gasteiger partial charge in [-0.25, -0.2) is 8.42 Å². The molecular weight excluding hydrogens is 240 g/mol. The summed E-state index contributed by atoms with van der Waals surface area (Å²) in [5, 5.41) is 0. The fourth-order valence-corrected chi connectivity index (χ4v) is 2.24. The highest BCUT2D eigenvalue weighted by Gasteiger charge is 2.30. The summed E-state index contributed by atoms with van der Waals surface area (Å²) in [4.78, 5) is 12.8. The lowest BCUT2D eigenvalue weighted by Gasteiger charge is -2.30. The second-order valence-electron chi connectivity index (χ2n) is 4.13. The molecule has 0 unspecified atom stereocenters. The SMILES string of the molecule is CC1CCN(C(=O)CS(=O)(=O)C(F)F)CC1. The van der Waals surface area contributed by atoms with Gasteiger partial charge < -0.3 is 4.90 Å². The van der Waals surface area contributed by atoms with Gasteiger partial charge in [-0.1, -0.05) is 6.92 Å². The van der Waals surface area contributed by atoms with Crippen LogP contribution in [-0.2, 0) is 14.6 Å². The number of nitrogens with zero attached hydrogens (tertiary/aromatic N) is 1. The molecule has 0 aliphatic carbocycles. The van der Waals surface area contributed by atoms with E-state index in [-0.39, 0.29) is 0 Å². The van der Waals surface area contributed by atoms with Crippen LogP contribution in [0, 0.1) is 5.92 Å². The van der Waals surface area contributed by atoms with Gasteiger partial charge in [0.05, 0.1) is 0 Å². The molecule has 0 aromatic heterocycles. The van der Waals surface area contributed by atoms with Gasteiger partial charge in [0.25, 0.3) is 0 Å². The van der Waals surface area contributed by atoms with Crippen LogP contribution in [-0.4, -0.2) is 43.8 Å². The average Bonchev–Trinajstić information content (AvgIpc) is 2.17. The predicted octanol–water partition coefficient (Wildman–Crippen LogP) is 0.882. The fourth-order valence-electron chi connectivity index (χ4n) is 1.58. The van der Waals surface area contributed by atoms with Crippen LogP contribution in [0.25, 0.3) is 0 Å². The molecule has 0 bridgehead atoms. The van der Waals surface area contributed by atoms with E-state index in [1.807, 2.05) is 6.92 Å². The third kappa shape index (κ3) is 3.40. The first kappa shape index (κ1) is 13.3. The molecule has 0 aromatic rings. The summed E-state index contributed by atoms with van der Waals surface area (Å²) in [6.45, 7) is 2.95. The van der Waals surface area contributed by atoms with E-state index >= 15 is 0 Å². The van der Waals surface area contributed by atoms with Crippen LogP contribution in [0.15, 0.2) is 0 Å². The first-order chi connectivity index (χ1) is 7.33. The summed E-state index contributed by atoms with van der Waals surface area (Å²) in [6, 6.07) is 0. The van der Waals surface area contributed by atoms with Crippen LogP contribution in [0.4, 0.5) is 8.78 Å². The van der Waals surface area contributed by atoms with E-state index < -0.39 is 27.3 Å². The summed E-state index contributed by atoms with van der Waals surface area (Å²) >= 11 is 0. The lowest BCUT2D eigenvalue weighted by Crippen LogP contribution is -2.41. The number of amides is 1. The van der Waals surface area contributed by atoms with E-state index in [9.17, 15) is 22.0 Å². The molecule has 1 heterocycles. The van der Waals surface area contributed by atoms with Gasteiger partial charge in [-0.2, -0.15) is 8.78 Å². The van der Waals surface area contributed by atoms with Gasteiger partial charge in [0.2, 0.25) is 15.7 Å². The maximum atomic E-state index is 12.0. The van der Waals surface area contributed by atoms with Crippen LogP contribution < -0.4 is 0 Å². The van der Waals surface area contributed by atoms with Crippen LogP contribution in [0.3, 0.4) is 0 Å². The Morgan fingerprint density at radius 1 is 1.38 bits per heavy atom. The number of sulfone groups is 1. The molecule has 0 saturated carbocycles. The van der Waals surface area contributed by atoms with Crippen molar-refractivity contribution in [3.8, 4) is 0 Å². The molecule has 0 radical (unpaired) electrons. The maximum Gasteiger partial charge on any atom is 0.337 e. The number of hydrogen-bond donors (Lipinski definition) is 0. The number of likely N-dealkylation sites (tertiary alicyclic amines) is 1. The first-order valence-corrected chi connectivity index (χ1v) is 6.82. The molecule has 1 fully saturated rings. The van der Waals surface area contributed by atoms with Crippen molar-refractivity contribution >= 4 is 15.7 Å². The number of alkyl halides is 2. The van der Waals surface area contributed by atoms with Gasteiger partial charge in [0.1, 0.15) is 5.75 Å². The maximum absolute atomic E-state index is 12.0. The molecule has 4 nitrogen and oxygen atoms in total. The van der Waals surface area contributed by atoms with E-state index in [1.54, 1.807) is 0 Å². The molecule has 1 aliphatic rings. The van der Waals surface area contributed by atoms with Gasteiger partial charge in [-0.15, -0.1) is 0 Å². The Labute approximate surface area is 93.5 Å². The molecule has 7 heteroatoms. The Morgan fingerprint density at radius 3 is 2.31 bits per heavy atom. The number of hydrogen-bond acceptors (Lipinski definition) is 3. The summed E-state index contributed by atoms with van der Waals surface area (Å²) in [5.41, 5.74) is 0. The minimum absolute atomic E-state index is 0.457. The number of carbonyl (C=O) groups excluding carboxylic acids is 1. The summed E-state index contributed by atoms with van der Waals surface area (Å²) in [7, 11) is -4.58. The van der Waals surface area contributed by atoms with E-state index in [0.717, 1.165) is 12.8 Å². The van der Waals surface area contributed by atoms with Crippen molar-refractivity contribution in [3.05, 3.63) is 0 Å². The van der Waals surface area contributed by atoms with Crippen molar-refractivity contribution in [2.75, 3.05) is 18.8 Å². The molecule has 1 rings (SSSR count). The lowest BCUT2D eigenvalue weighted by atomic mass is 9.99. The zero-order valence-electron chi connectivity index (χ0n) is 9.03. The van der Waals surface area contributed by atoms with Crippen LogP contribution in [0.1, 0.15) is 19.8 Å². The van der Waals surface area contributed by atoms with Crippen LogP contribution in [0.2, 0.25) is 0 Å². The molecule has 0 aromatic carbocycles. The van der Waals surface area contributed by atoms with E-state index in [1.165, 1.54) is 4.90 Å². The zero-order chi connectivity index (χ0) is 12.3. The molecule has 0 N–H and O–H groups in total. The van der Waals surface area contributed by atoms with Gasteiger partial charge in [0.15, 0.2) is 0 Å². The van der Waals surface area contributed by atoms with Gasteiger partial charge in [-0.05, 0) is 18.8 Å². The average molecular weight is 255 g/mol. The Balaban J connectivity index is 2.53. The Hall–Kier alpha value is -0.720. The van der Waals surface area contributed by atoms with Crippen LogP contribution in [0.5, 0.6) is 0 Å².